The van der Waals surface area contributed by atoms with Crippen molar-refractivity contribution in [3.63, 3.8) is 0 Å². The average molecular weight is 348 g/mol. The molecule has 0 unspecified atom stereocenters. The lowest BCUT2D eigenvalue weighted by molar-refractivity contribution is 0.0945. The van der Waals surface area contributed by atoms with Gasteiger partial charge in [-0.3, -0.25) is 4.79 Å². The topological polar surface area (TPSA) is 58.1 Å². The van der Waals surface area contributed by atoms with Crippen molar-refractivity contribution < 1.29 is 9.18 Å². The van der Waals surface area contributed by atoms with Crippen LogP contribution in [0.5, 0.6) is 0 Å². The number of halogens is 1. The van der Waals surface area contributed by atoms with Gasteiger partial charge in [0.15, 0.2) is 5.82 Å². The van der Waals surface area contributed by atoms with Crippen molar-refractivity contribution in [3.8, 4) is 0 Å². The van der Waals surface area contributed by atoms with Gasteiger partial charge in [-0.15, -0.1) is 0 Å². The smallest absolute Gasteiger partial charge is 0.271 e. The van der Waals surface area contributed by atoms with E-state index in [2.05, 4.69) is 32.3 Å². The van der Waals surface area contributed by atoms with Crippen LogP contribution in [0.1, 0.15) is 21.6 Å². The van der Waals surface area contributed by atoms with Gasteiger partial charge in [-0.25, -0.2) is 14.4 Å². The Morgan fingerprint density at radius 2 is 1.88 bits per heavy atom. The summed E-state index contributed by atoms with van der Waals surface area (Å²) in [6.45, 7) is 1.16. The van der Waals surface area contributed by atoms with E-state index in [-0.39, 0.29) is 17.4 Å². The summed E-state index contributed by atoms with van der Waals surface area (Å²) in [5.41, 5.74) is 3.49. The fraction of sp³-hybridized carbons (Fsp3) is 0.150. The molecule has 0 saturated heterocycles. The van der Waals surface area contributed by atoms with Crippen LogP contribution in [0, 0.1) is 5.82 Å². The molecule has 1 aromatic heterocycles. The van der Waals surface area contributed by atoms with E-state index >= 15 is 0 Å². The highest BCUT2D eigenvalue weighted by molar-refractivity contribution is 5.92. The van der Waals surface area contributed by atoms with Crippen molar-refractivity contribution >= 4 is 17.4 Å². The summed E-state index contributed by atoms with van der Waals surface area (Å²) in [4.78, 5) is 23.0. The number of hydrogen-bond donors (Lipinski definition) is 1. The zero-order valence-corrected chi connectivity index (χ0v) is 14.0. The molecule has 1 aliphatic rings. The molecule has 1 aliphatic heterocycles. The Balaban J connectivity index is 1.43. The van der Waals surface area contributed by atoms with Gasteiger partial charge in [0.05, 0.1) is 12.4 Å². The minimum atomic E-state index is -0.310. The third-order valence-electron chi connectivity index (χ3n) is 4.40. The number of carbonyl (C=O) groups excluding carboxylic acids is 1. The Kier molecular flexibility index (Phi) is 4.31. The van der Waals surface area contributed by atoms with Crippen molar-refractivity contribution in [1.29, 1.82) is 0 Å². The first-order valence-electron chi connectivity index (χ1n) is 8.41. The molecule has 0 saturated carbocycles. The maximum Gasteiger partial charge on any atom is 0.271 e. The first-order valence-corrected chi connectivity index (χ1v) is 8.41. The molecule has 0 bridgehead atoms. The molecule has 1 amide bonds. The summed E-state index contributed by atoms with van der Waals surface area (Å²) in [5.74, 6) is 0.116. The van der Waals surface area contributed by atoms with Crippen molar-refractivity contribution in [2.45, 2.75) is 13.0 Å². The van der Waals surface area contributed by atoms with E-state index in [0.29, 0.717) is 6.54 Å². The number of anilines is 2. The summed E-state index contributed by atoms with van der Waals surface area (Å²) < 4.78 is 12.9. The Morgan fingerprint density at radius 3 is 2.65 bits per heavy atom. The van der Waals surface area contributed by atoms with Gasteiger partial charge in [0.1, 0.15) is 11.5 Å². The van der Waals surface area contributed by atoms with Gasteiger partial charge in [0.2, 0.25) is 0 Å². The number of amides is 1. The number of aromatic nitrogens is 2. The normalized spacial score (nSPS) is 12.7. The highest BCUT2D eigenvalue weighted by atomic mass is 19.1. The van der Waals surface area contributed by atoms with E-state index in [1.807, 2.05) is 12.1 Å². The third-order valence-corrected chi connectivity index (χ3v) is 4.40. The van der Waals surface area contributed by atoms with Crippen LogP contribution in [-0.2, 0) is 13.0 Å². The summed E-state index contributed by atoms with van der Waals surface area (Å²) in [5, 5.41) is 2.76. The predicted octanol–water partition coefficient (Wildman–Crippen LogP) is 3.24. The fourth-order valence-corrected chi connectivity index (χ4v) is 3.03. The Morgan fingerprint density at radius 1 is 1.08 bits per heavy atom. The standard InChI is InChI=1S/C20H17FN4O/c21-16-7-5-14(6-8-16)11-24-20(26)17-12-23-19(13-22-17)25-10-9-15-3-1-2-4-18(15)25/h1-8,12-13H,9-11H2,(H,24,26). The van der Waals surface area contributed by atoms with Crippen molar-refractivity contribution in [2.75, 3.05) is 11.4 Å². The summed E-state index contributed by atoms with van der Waals surface area (Å²) in [6, 6.07) is 14.2. The second kappa shape index (κ2) is 6.92. The van der Waals surface area contributed by atoms with Crippen LogP contribution in [0.3, 0.4) is 0 Å². The lowest BCUT2D eigenvalue weighted by Crippen LogP contribution is -2.24. The number of rotatable bonds is 4. The summed E-state index contributed by atoms with van der Waals surface area (Å²) >= 11 is 0. The molecule has 4 rings (SSSR count). The highest BCUT2D eigenvalue weighted by Gasteiger charge is 2.21. The zero-order chi connectivity index (χ0) is 17.9. The second-order valence-corrected chi connectivity index (χ2v) is 6.10. The van der Waals surface area contributed by atoms with Crippen molar-refractivity contribution in [2.24, 2.45) is 0 Å². The Bertz CT molecular complexity index is 925. The number of nitrogens with zero attached hydrogens (tertiary/aromatic N) is 3. The van der Waals surface area contributed by atoms with E-state index in [9.17, 15) is 9.18 Å². The lowest BCUT2D eigenvalue weighted by Gasteiger charge is -2.17. The number of benzene rings is 2. The quantitative estimate of drug-likeness (QED) is 0.786. The molecule has 6 heteroatoms. The third kappa shape index (κ3) is 3.26. The first-order chi connectivity index (χ1) is 12.7. The van der Waals surface area contributed by atoms with Crippen LogP contribution >= 0.6 is 0 Å². The Hall–Kier alpha value is -3.28. The molecule has 1 N–H and O–H groups in total. The number of nitrogens with one attached hydrogen (secondary N) is 1. The monoisotopic (exact) mass is 348 g/mol. The van der Waals surface area contributed by atoms with E-state index in [4.69, 9.17) is 0 Å². The van der Waals surface area contributed by atoms with E-state index < -0.39 is 0 Å². The van der Waals surface area contributed by atoms with Crippen molar-refractivity contribution in [3.05, 3.63) is 83.6 Å². The molecule has 2 aromatic carbocycles. The highest BCUT2D eigenvalue weighted by Crippen LogP contribution is 2.32. The minimum Gasteiger partial charge on any atom is -0.347 e. The molecule has 2 heterocycles. The SMILES string of the molecule is O=C(NCc1ccc(F)cc1)c1cnc(N2CCc3ccccc32)cn1. The van der Waals surface area contributed by atoms with Crippen LogP contribution in [0.15, 0.2) is 60.9 Å². The largest absolute Gasteiger partial charge is 0.347 e. The molecule has 0 fully saturated rings. The van der Waals surface area contributed by atoms with Crippen LogP contribution in [0.4, 0.5) is 15.9 Å². The van der Waals surface area contributed by atoms with Crippen LogP contribution in [0.25, 0.3) is 0 Å². The molecule has 3 aromatic rings. The zero-order valence-electron chi connectivity index (χ0n) is 14.0. The van der Waals surface area contributed by atoms with E-state index in [1.54, 1.807) is 18.3 Å². The predicted molar refractivity (Wildman–Crippen MR) is 96.8 cm³/mol. The molecular weight excluding hydrogens is 331 g/mol. The van der Waals surface area contributed by atoms with Crippen LogP contribution in [0.2, 0.25) is 0 Å². The fourth-order valence-electron chi connectivity index (χ4n) is 3.03. The van der Waals surface area contributed by atoms with Crippen molar-refractivity contribution in [1.82, 2.24) is 15.3 Å². The van der Waals surface area contributed by atoms with Gasteiger partial charge in [0, 0.05) is 18.8 Å². The molecule has 26 heavy (non-hydrogen) atoms. The van der Waals surface area contributed by atoms with Crippen LogP contribution < -0.4 is 10.2 Å². The lowest BCUT2D eigenvalue weighted by atomic mass is 10.2. The van der Waals surface area contributed by atoms with Gasteiger partial charge >= 0.3 is 0 Å². The summed E-state index contributed by atoms with van der Waals surface area (Å²) in [7, 11) is 0. The van der Waals surface area contributed by atoms with Crippen LogP contribution in [-0.4, -0.2) is 22.4 Å². The average Bonchev–Trinajstić information content (AvgIpc) is 3.11. The number of fused-ring (bicyclic) bond motifs is 1. The number of para-hydroxylation sites is 1. The van der Waals surface area contributed by atoms with E-state index in [0.717, 1.165) is 30.0 Å². The number of hydrogen-bond acceptors (Lipinski definition) is 4. The maximum absolute atomic E-state index is 12.9. The minimum absolute atomic E-state index is 0.253. The van der Waals surface area contributed by atoms with Gasteiger partial charge in [-0.2, -0.15) is 0 Å². The second-order valence-electron chi connectivity index (χ2n) is 6.10. The first kappa shape index (κ1) is 16.2. The molecular formula is C20H17FN4O. The molecule has 0 atom stereocenters. The van der Waals surface area contributed by atoms with Gasteiger partial charge in [0.25, 0.3) is 5.91 Å². The molecule has 0 radical (unpaired) electrons. The summed E-state index contributed by atoms with van der Waals surface area (Å²) in [6.07, 6.45) is 4.07. The van der Waals surface area contributed by atoms with E-state index in [1.165, 1.54) is 23.9 Å². The van der Waals surface area contributed by atoms with Gasteiger partial charge in [-0.05, 0) is 35.7 Å². The number of carbonyl (C=O) groups is 1. The molecule has 0 spiro atoms. The van der Waals surface area contributed by atoms with Gasteiger partial charge in [-0.1, -0.05) is 30.3 Å². The molecule has 5 nitrogen and oxygen atoms in total. The molecule has 0 aliphatic carbocycles. The van der Waals surface area contributed by atoms with Gasteiger partial charge < -0.3 is 10.2 Å². The Labute approximate surface area is 150 Å². The molecule has 130 valence electrons. The maximum atomic E-state index is 12.9.